The summed E-state index contributed by atoms with van der Waals surface area (Å²) >= 11 is 0. The normalized spacial score (nSPS) is 24.5. The minimum absolute atomic E-state index is 0.250. The molecule has 2 N–H and O–H groups in total. The molecule has 0 saturated carbocycles. The van der Waals surface area contributed by atoms with Crippen molar-refractivity contribution in [3.63, 3.8) is 0 Å². The van der Waals surface area contributed by atoms with Gasteiger partial charge in [-0.25, -0.2) is 4.39 Å². The monoisotopic (exact) mass is 285 g/mol. The van der Waals surface area contributed by atoms with E-state index in [1.165, 1.54) is 18.7 Å². The van der Waals surface area contributed by atoms with Gasteiger partial charge in [-0.1, -0.05) is 37.3 Å². The van der Waals surface area contributed by atoms with Crippen molar-refractivity contribution < 1.29 is 9.13 Å². The van der Waals surface area contributed by atoms with Crippen LogP contribution in [-0.4, -0.2) is 7.11 Å². The predicted octanol–water partition coefficient (Wildman–Crippen LogP) is 3.93. The Kier molecular flexibility index (Phi) is 3.46. The standard InChI is InChI=1S/C18H20FNO/c1-12-9-10-18(20,15-6-4-3-5-14(12)15)13-7-8-17(21-2)16(19)11-13/h3-8,11-12H,9-10,20H2,1-2H3. The molecule has 0 amide bonds. The van der Waals surface area contributed by atoms with Crippen LogP contribution in [0.3, 0.4) is 0 Å². The maximum atomic E-state index is 14.0. The van der Waals surface area contributed by atoms with Crippen LogP contribution in [0, 0.1) is 5.82 Å². The molecule has 0 bridgehead atoms. The van der Waals surface area contributed by atoms with Crippen molar-refractivity contribution in [3.8, 4) is 5.75 Å². The molecule has 1 aliphatic rings. The van der Waals surface area contributed by atoms with Gasteiger partial charge < -0.3 is 10.5 Å². The number of fused-ring (bicyclic) bond motifs is 1. The lowest BCUT2D eigenvalue weighted by Crippen LogP contribution is -2.41. The van der Waals surface area contributed by atoms with Gasteiger partial charge in [-0.2, -0.15) is 0 Å². The second kappa shape index (κ2) is 5.15. The van der Waals surface area contributed by atoms with Gasteiger partial charge in [-0.3, -0.25) is 0 Å². The minimum atomic E-state index is -0.629. The van der Waals surface area contributed by atoms with E-state index in [-0.39, 0.29) is 11.6 Å². The molecule has 0 spiro atoms. The van der Waals surface area contributed by atoms with E-state index in [1.54, 1.807) is 6.07 Å². The highest BCUT2D eigenvalue weighted by atomic mass is 19.1. The predicted molar refractivity (Wildman–Crippen MR) is 82.0 cm³/mol. The van der Waals surface area contributed by atoms with Crippen LogP contribution in [0.1, 0.15) is 42.4 Å². The zero-order chi connectivity index (χ0) is 15.0. The van der Waals surface area contributed by atoms with Gasteiger partial charge in [0.15, 0.2) is 11.6 Å². The average Bonchev–Trinajstić information content (AvgIpc) is 2.51. The average molecular weight is 285 g/mol. The van der Waals surface area contributed by atoms with Gasteiger partial charge in [0.2, 0.25) is 0 Å². The number of rotatable bonds is 2. The highest BCUT2D eigenvalue weighted by Gasteiger charge is 2.37. The molecule has 0 aromatic heterocycles. The smallest absolute Gasteiger partial charge is 0.165 e. The molecule has 110 valence electrons. The van der Waals surface area contributed by atoms with Gasteiger partial charge in [0.25, 0.3) is 0 Å². The summed E-state index contributed by atoms with van der Waals surface area (Å²) in [6, 6.07) is 13.3. The third-order valence-electron chi connectivity index (χ3n) is 4.61. The summed E-state index contributed by atoms with van der Waals surface area (Å²) < 4.78 is 19.0. The van der Waals surface area contributed by atoms with Crippen LogP contribution in [0.2, 0.25) is 0 Å². The van der Waals surface area contributed by atoms with E-state index in [0.29, 0.717) is 5.92 Å². The van der Waals surface area contributed by atoms with E-state index < -0.39 is 5.54 Å². The number of methoxy groups -OCH3 is 1. The van der Waals surface area contributed by atoms with Crippen molar-refractivity contribution in [2.45, 2.75) is 31.2 Å². The van der Waals surface area contributed by atoms with Crippen LogP contribution in [0.15, 0.2) is 42.5 Å². The zero-order valence-electron chi connectivity index (χ0n) is 12.4. The molecule has 0 aliphatic heterocycles. The zero-order valence-corrected chi connectivity index (χ0v) is 12.4. The molecule has 2 nitrogen and oxygen atoms in total. The Morgan fingerprint density at radius 3 is 2.71 bits per heavy atom. The fraction of sp³-hybridized carbons (Fsp3) is 0.333. The molecule has 0 radical (unpaired) electrons. The lowest BCUT2D eigenvalue weighted by Gasteiger charge is -2.39. The van der Waals surface area contributed by atoms with E-state index in [0.717, 1.165) is 24.0 Å². The van der Waals surface area contributed by atoms with Gasteiger partial charge in [0.05, 0.1) is 12.6 Å². The summed E-state index contributed by atoms with van der Waals surface area (Å²) in [5, 5.41) is 0. The molecule has 3 rings (SSSR count). The lowest BCUT2D eigenvalue weighted by molar-refractivity contribution is 0.380. The number of nitrogens with two attached hydrogens (primary N) is 1. The van der Waals surface area contributed by atoms with Crippen molar-refractivity contribution in [1.82, 2.24) is 0 Å². The number of ether oxygens (including phenoxy) is 1. The second-order valence-electron chi connectivity index (χ2n) is 5.85. The molecule has 2 atom stereocenters. The first-order valence-corrected chi connectivity index (χ1v) is 7.28. The Morgan fingerprint density at radius 2 is 2.00 bits per heavy atom. The first kappa shape index (κ1) is 14.1. The van der Waals surface area contributed by atoms with Crippen molar-refractivity contribution in [3.05, 3.63) is 65.0 Å². The molecule has 2 aromatic carbocycles. The number of hydrogen-bond donors (Lipinski definition) is 1. The number of hydrogen-bond acceptors (Lipinski definition) is 2. The Morgan fingerprint density at radius 1 is 1.24 bits per heavy atom. The first-order chi connectivity index (χ1) is 10.1. The van der Waals surface area contributed by atoms with Gasteiger partial charge in [0, 0.05) is 0 Å². The summed E-state index contributed by atoms with van der Waals surface area (Å²) in [5.41, 5.74) is 9.26. The van der Waals surface area contributed by atoms with E-state index in [2.05, 4.69) is 19.1 Å². The first-order valence-electron chi connectivity index (χ1n) is 7.28. The quantitative estimate of drug-likeness (QED) is 0.907. The van der Waals surface area contributed by atoms with Gasteiger partial charge in [-0.15, -0.1) is 0 Å². The third kappa shape index (κ3) is 2.22. The molecule has 2 unspecified atom stereocenters. The molecule has 1 aliphatic carbocycles. The molecule has 2 aromatic rings. The SMILES string of the molecule is COc1ccc(C2(N)CCC(C)c3ccccc32)cc1F. The van der Waals surface area contributed by atoms with Gasteiger partial charge >= 0.3 is 0 Å². The van der Waals surface area contributed by atoms with Crippen molar-refractivity contribution in [2.24, 2.45) is 5.73 Å². The van der Waals surface area contributed by atoms with E-state index >= 15 is 0 Å². The molecular formula is C18H20FNO. The van der Waals surface area contributed by atoms with Crippen molar-refractivity contribution in [1.29, 1.82) is 0 Å². The third-order valence-corrected chi connectivity index (χ3v) is 4.61. The second-order valence-corrected chi connectivity index (χ2v) is 5.85. The molecule has 0 fully saturated rings. The summed E-state index contributed by atoms with van der Waals surface area (Å²) in [5.74, 6) is 0.372. The van der Waals surface area contributed by atoms with E-state index in [9.17, 15) is 4.39 Å². The molecule has 21 heavy (non-hydrogen) atoms. The summed E-state index contributed by atoms with van der Waals surface area (Å²) in [6.45, 7) is 2.22. The van der Waals surface area contributed by atoms with E-state index in [4.69, 9.17) is 10.5 Å². The largest absolute Gasteiger partial charge is 0.494 e. The number of halogens is 1. The molecule has 0 saturated heterocycles. The highest BCUT2D eigenvalue weighted by molar-refractivity contribution is 5.47. The summed E-state index contributed by atoms with van der Waals surface area (Å²) in [6.07, 6.45) is 1.82. The van der Waals surface area contributed by atoms with E-state index in [1.807, 2.05) is 18.2 Å². The fourth-order valence-electron chi connectivity index (χ4n) is 3.31. The van der Waals surface area contributed by atoms with Crippen LogP contribution >= 0.6 is 0 Å². The lowest BCUT2D eigenvalue weighted by atomic mass is 9.70. The Balaban J connectivity index is 2.13. The highest BCUT2D eigenvalue weighted by Crippen LogP contribution is 2.43. The molecular weight excluding hydrogens is 265 g/mol. The van der Waals surface area contributed by atoms with Crippen LogP contribution in [0.5, 0.6) is 5.75 Å². The molecule has 0 heterocycles. The van der Waals surface area contributed by atoms with Crippen LogP contribution in [0.25, 0.3) is 0 Å². The minimum Gasteiger partial charge on any atom is -0.494 e. The van der Waals surface area contributed by atoms with Crippen LogP contribution in [-0.2, 0) is 5.54 Å². The summed E-state index contributed by atoms with van der Waals surface area (Å²) in [7, 11) is 1.47. The summed E-state index contributed by atoms with van der Waals surface area (Å²) in [4.78, 5) is 0. The molecule has 3 heteroatoms. The Bertz CT molecular complexity index is 670. The van der Waals surface area contributed by atoms with Crippen molar-refractivity contribution >= 4 is 0 Å². The Labute approximate surface area is 124 Å². The van der Waals surface area contributed by atoms with Crippen LogP contribution < -0.4 is 10.5 Å². The fourth-order valence-corrected chi connectivity index (χ4v) is 3.31. The Hall–Kier alpha value is -1.87. The van der Waals surface area contributed by atoms with Crippen molar-refractivity contribution in [2.75, 3.05) is 7.11 Å². The van der Waals surface area contributed by atoms with Gasteiger partial charge in [-0.05, 0) is 47.6 Å². The number of benzene rings is 2. The van der Waals surface area contributed by atoms with Gasteiger partial charge in [0.1, 0.15) is 0 Å². The topological polar surface area (TPSA) is 35.2 Å². The maximum Gasteiger partial charge on any atom is 0.165 e. The van der Waals surface area contributed by atoms with Crippen LogP contribution in [0.4, 0.5) is 4.39 Å². The maximum absolute atomic E-state index is 14.0.